The van der Waals surface area contributed by atoms with Crippen LogP contribution in [0.5, 0.6) is 0 Å². The molecule has 2 saturated carbocycles. The summed E-state index contributed by atoms with van der Waals surface area (Å²) in [5, 5.41) is 3.74. The molecule has 0 aromatic carbocycles. The molecule has 0 radical (unpaired) electrons. The molecule has 0 spiro atoms. The molecule has 1 atom stereocenters. The van der Waals surface area contributed by atoms with Crippen molar-refractivity contribution in [3.63, 3.8) is 0 Å². The van der Waals surface area contributed by atoms with Gasteiger partial charge in [0.05, 0.1) is 12.0 Å². The fourth-order valence-corrected chi connectivity index (χ4v) is 3.27. The molecule has 0 saturated heterocycles. The predicted octanol–water partition coefficient (Wildman–Crippen LogP) is 3.28. The van der Waals surface area contributed by atoms with Crippen LogP contribution in [-0.4, -0.2) is 15.6 Å². The van der Waals surface area contributed by atoms with Gasteiger partial charge in [0.1, 0.15) is 0 Å². The molecule has 1 N–H and O–H groups in total. The van der Waals surface area contributed by atoms with E-state index in [1.54, 1.807) is 0 Å². The highest BCUT2D eigenvalue weighted by Gasteiger charge is 2.28. The van der Waals surface area contributed by atoms with Gasteiger partial charge in [-0.1, -0.05) is 20.3 Å². The van der Waals surface area contributed by atoms with Crippen LogP contribution in [0.3, 0.4) is 0 Å². The van der Waals surface area contributed by atoms with Crippen molar-refractivity contribution in [2.75, 3.05) is 0 Å². The third kappa shape index (κ3) is 2.77. The summed E-state index contributed by atoms with van der Waals surface area (Å²) < 4.78 is 2.36. The van der Waals surface area contributed by atoms with Crippen LogP contribution in [0.15, 0.2) is 12.5 Å². The number of aromatic nitrogens is 2. The van der Waals surface area contributed by atoms with Crippen LogP contribution in [0.4, 0.5) is 0 Å². The van der Waals surface area contributed by atoms with Crippen LogP contribution in [0.25, 0.3) is 0 Å². The average Bonchev–Trinajstić information content (AvgIpc) is 3.05. The van der Waals surface area contributed by atoms with E-state index in [2.05, 4.69) is 28.7 Å². The first-order valence-corrected chi connectivity index (χ1v) is 7.38. The van der Waals surface area contributed by atoms with E-state index in [-0.39, 0.29) is 0 Å². The van der Waals surface area contributed by atoms with Gasteiger partial charge in [-0.3, -0.25) is 0 Å². The number of imidazole rings is 1. The third-order valence-electron chi connectivity index (χ3n) is 4.46. The molecule has 3 nitrogen and oxygen atoms in total. The van der Waals surface area contributed by atoms with Gasteiger partial charge in [-0.05, 0) is 37.5 Å². The van der Waals surface area contributed by atoms with E-state index < -0.39 is 0 Å². The number of nitrogens with zero attached hydrogens (tertiary/aromatic N) is 2. The molecule has 1 heterocycles. The third-order valence-corrected chi connectivity index (χ3v) is 4.46. The number of nitrogens with one attached hydrogen (secondary N) is 1. The topological polar surface area (TPSA) is 29.9 Å². The van der Waals surface area contributed by atoms with E-state index in [0.717, 1.165) is 12.6 Å². The molecular formula is C15H25N3. The van der Waals surface area contributed by atoms with Gasteiger partial charge in [-0.15, -0.1) is 0 Å². The molecule has 18 heavy (non-hydrogen) atoms. The molecule has 1 aromatic rings. The Bertz CT molecular complexity index is 404. The number of hydrogen-bond acceptors (Lipinski definition) is 2. The van der Waals surface area contributed by atoms with Crippen molar-refractivity contribution in [3.8, 4) is 0 Å². The van der Waals surface area contributed by atoms with E-state index in [9.17, 15) is 0 Å². The first-order valence-electron chi connectivity index (χ1n) is 7.38. The minimum Gasteiger partial charge on any atom is -0.330 e. The van der Waals surface area contributed by atoms with Gasteiger partial charge in [-0.25, -0.2) is 4.98 Å². The lowest BCUT2D eigenvalue weighted by Gasteiger charge is -2.35. The highest BCUT2D eigenvalue weighted by Crippen LogP contribution is 2.36. The van der Waals surface area contributed by atoms with Crippen molar-refractivity contribution in [3.05, 3.63) is 18.2 Å². The Morgan fingerprint density at radius 1 is 1.39 bits per heavy atom. The summed E-state index contributed by atoms with van der Waals surface area (Å²) >= 11 is 0. The molecule has 0 bridgehead atoms. The van der Waals surface area contributed by atoms with Gasteiger partial charge in [0.2, 0.25) is 0 Å². The Kier molecular flexibility index (Phi) is 3.18. The molecule has 1 aromatic heterocycles. The standard InChI is InChI=1S/C15H25N3/c1-15(2)7-3-4-12(8-15)17-10-14-9-16-11-18(14)13-5-6-13/h9,11-13,17H,3-8,10H2,1-2H3. The quantitative estimate of drug-likeness (QED) is 0.885. The van der Waals surface area contributed by atoms with Crippen molar-refractivity contribution in [2.45, 2.75) is 71.0 Å². The molecule has 2 aliphatic carbocycles. The van der Waals surface area contributed by atoms with Crippen LogP contribution < -0.4 is 5.32 Å². The summed E-state index contributed by atoms with van der Waals surface area (Å²) in [6, 6.07) is 1.43. The smallest absolute Gasteiger partial charge is 0.0951 e. The van der Waals surface area contributed by atoms with Crippen LogP contribution in [-0.2, 0) is 6.54 Å². The van der Waals surface area contributed by atoms with Crippen molar-refractivity contribution in [1.29, 1.82) is 0 Å². The summed E-state index contributed by atoms with van der Waals surface area (Å²) in [6.45, 7) is 5.78. The summed E-state index contributed by atoms with van der Waals surface area (Å²) in [5.74, 6) is 0. The molecule has 3 rings (SSSR count). The first-order chi connectivity index (χ1) is 8.64. The second kappa shape index (κ2) is 4.69. The minimum absolute atomic E-state index is 0.520. The van der Waals surface area contributed by atoms with Crippen LogP contribution in [0.2, 0.25) is 0 Å². The van der Waals surface area contributed by atoms with Crippen molar-refractivity contribution < 1.29 is 0 Å². The van der Waals surface area contributed by atoms with E-state index in [0.29, 0.717) is 11.5 Å². The molecule has 2 fully saturated rings. The fourth-order valence-electron chi connectivity index (χ4n) is 3.27. The van der Waals surface area contributed by atoms with E-state index in [1.165, 1.54) is 44.2 Å². The van der Waals surface area contributed by atoms with Gasteiger partial charge in [-0.2, -0.15) is 0 Å². The summed E-state index contributed by atoms with van der Waals surface area (Å²) in [6.07, 6.45) is 12.1. The lowest BCUT2D eigenvalue weighted by molar-refractivity contribution is 0.197. The van der Waals surface area contributed by atoms with Gasteiger partial charge >= 0.3 is 0 Å². The molecule has 2 aliphatic rings. The Labute approximate surface area is 110 Å². The monoisotopic (exact) mass is 247 g/mol. The Balaban J connectivity index is 1.55. The SMILES string of the molecule is CC1(C)CCCC(NCc2cncn2C2CC2)C1. The lowest BCUT2D eigenvalue weighted by Crippen LogP contribution is -2.37. The Hall–Kier alpha value is -0.830. The summed E-state index contributed by atoms with van der Waals surface area (Å²) in [4.78, 5) is 4.30. The van der Waals surface area contributed by atoms with E-state index >= 15 is 0 Å². The molecule has 1 unspecified atom stereocenters. The average molecular weight is 247 g/mol. The van der Waals surface area contributed by atoms with Crippen LogP contribution in [0.1, 0.15) is 64.1 Å². The fraction of sp³-hybridized carbons (Fsp3) is 0.800. The van der Waals surface area contributed by atoms with Crippen molar-refractivity contribution >= 4 is 0 Å². The van der Waals surface area contributed by atoms with Gasteiger partial charge in [0.25, 0.3) is 0 Å². The zero-order chi connectivity index (χ0) is 12.6. The summed E-state index contributed by atoms with van der Waals surface area (Å²) in [7, 11) is 0. The molecule has 3 heteroatoms. The normalized spacial score (nSPS) is 27.3. The van der Waals surface area contributed by atoms with E-state index in [1.807, 2.05) is 12.5 Å². The summed E-state index contributed by atoms with van der Waals surface area (Å²) in [5.41, 5.74) is 1.88. The van der Waals surface area contributed by atoms with E-state index in [4.69, 9.17) is 0 Å². The number of rotatable bonds is 4. The maximum Gasteiger partial charge on any atom is 0.0951 e. The second-order valence-electron chi connectivity index (χ2n) is 6.86. The number of hydrogen-bond donors (Lipinski definition) is 1. The predicted molar refractivity (Wildman–Crippen MR) is 73.4 cm³/mol. The van der Waals surface area contributed by atoms with Gasteiger partial charge in [0.15, 0.2) is 0 Å². The van der Waals surface area contributed by atoms with Crippen molar-refractivity contribution in [2.24, 2.45) is 5.41 Å². The zero-order valence-electron chi connectivity index (χ0n) is 11.7. The van der Waals surface area contributed by atoms with Gasteiger partial charge in [0, 0.05) is 24.8 Å². The second-order valence-corrected chi connectivity index (χ2v) is 6.86. The van der Waals surface area contributed by atoms with Crippen molar-refractivity contribution in [1.82, 2.24) is 14.9 Å². The van der Waals surface area contributed by atoms with Crippen LogP contribution >= 0.6 is 0 Å². The maximum atomic E-state index is 4.30. The molecule has 0 aliphatic heterocycles. The Morgan fingerprint density at radius 2 is 2.22 bits per heavy atom. The molecule has 100 valence electrons. The van der Waals surface area contributed by atoms with Crippen LogP contribution in [0, 0.1) is 5.41 Å². The lowest BCUT2D eigenvalue weighted by atomic mass is 9.75. The van der Waals surface area contributed by atoms with Gasteiger partial charge < -0.3 is 9.88 Å². The first kappa shape index (κ1) is 12.2. The molecule has 0 amide bonds. The Morgan fingerprint density at radius 3 is 2.94 bits per heavy atom. The maximum absolute atomic E-state index is 4.30. The highest BCUT2D eigenvalue weighted by molar-refractivity contribution is 5.03. The highest BCUT2D eigenvalue weighted by atomic mass is 15.1. The molecular weight excluding hydrogens is 222 g/mol. The zero-order valence-corrected chi connectivity index (χ0v) is 11.7. The minimum atomic E-state index is 0.520. The largest absolute Gasteiger partial charge is 0.330 e.